The van der Waals surface area contributed by atoms with E-state index in [0.717, 1.165) is 6.42 Å². The third-order valence-corrected chi connectivity index (χ3v) is 5.34. The van der Waals surface area contributed by atoms with Gasteiger partial charge in [0.25, 0.3) is 0 Å². The Kier molecular flexibility index (Phi) is 13.5. The van der Waals surface area contributed by atoms with Gasteiger partial charge in [-0.1, -0.05) is 96.5 Å². The first kappa shape index (κ1) is 23.5. The molecule has 0 spiro atoms. The van der Waals surface area contributed by atoms with Gasteiger partial charge in [0.05, 0.1) is 5.69 Å². The fourth-order valence-electron chi connectivity index (χ4n) is 3.45. The van der Waals surface area contributed by atoms with Gasteiger partial charge in [-0.05, 0) is 19.8 Å². The molecule has 0 radical (unpaired) electrons. The molecule has 1 aromatic heterocycles. The number of aromatic nitrogens is 1. The van der Waals surface area contributed by atoms with E-state index in [0.29, 0.717) is 5.69 Å². The van der Waals surface area contributed by atoms with Gasteiger partial charge in [-0.25, -0.2) is 0 Å². The number of hydrogen-bond donors (Lipinski definition) is 1. The minimum atomic E-state index is -0.316. The summed E-state index contributed by atoms with van der Waals surface area (Å²) in [6, 6.07) is 1.40. The van der Waals surface area contributed by atoms with Crippen LogP contribution in [0.4, 0.5) is 0 Å². The van der Waals surface area contributed by atoms with Crippen LogP contribution in [0.15, 0.2) is 23.1 Å². The van der Waals surface area contributed by atoms with E-state index in [-0.39, 0.29) is 11.2 Å². The van der Waals surface area contributed by atoms with Crippen molar-refractivity contribution >= 4 is 6.20 Å². The van der Waals surface area contributed by atoms with E-state index in [1.807, 2.05) is 6.20 Å². The van der Waals surface area contributed by atoms with E-state index in [1.165, 1.54) is 96.0 Å². The molecule has 3 heteroatoms. The van der Waals surface area contributed by atoms with Gasteiger partial charge < -0.3 is 9.67 Å². The third kappa shape index (κ3) is 11.0. The molecule has 0 saturated carbocycles. The highest BCUT2D eigenvalue weighted by atomic mass is 16.3. The summed E-state index contributed by atoms with van der Waals surface area (Å²) in [7, 11) is 0. The van der Waals surface area contributed by atoms with Gasteiger partial charge in [0.2, 0.25) is 5.43 Å². The number of aromatic hydroxyl groups is 1. The maximum atomic E-state index is 11.3. The summed E-state index contributed by atoms with van der Waals surface area (Å²) in [5.74, 6) is -0.154. The number of allylic oxidation sites excluding steroid dienone is 1. The van der Waals surface area contributed by atoms with Crippen molar-refractivity contribution in [3.05, 3.63) is 34.3 Å². The van der Waals surface area contributed by atoms with Crippen LogP contribution < -0.4 is 5.43 Å². The van der Waals surface area contributed by atoms with Gasteiger partial charge in [-0.2, -0.15) is 0 Å². The predicted molar refractivity (Wildman–Crippen MR) is 117 cm³/mol. The summed E-state index contributed by atoms with van der Waals surface area (Å²) in [5.41, 5.74) is 0.281. The molecule has 0 aliphatic rings. The summed E-state index contributed by atoms with van der Waals surface area (Å²) in [6.45, 7) is 4.03. The van der Waals surface area contributed by atoms with E-state index >= 15 is 0 Å². The first-order chi connectivity index (χ1) is 13.2. The van der Waals surface area contributed by atoms with Crippen LogP contribution in [0.25, 0.3) is 6.20 Å². The van der Waals surface area contributed by atoms with Crippen molar-refractivity contribution in [1.29, 1.82) is 0 Å². The van der Waals surface area contributed by atoms with Crippen LogP contribution in [0.3, 0.4) is 0 Å². The quantitative estimate of drug-likeness (QED) is 0.310. The topological polar surface area (TPSA) is 42.2 Å². The molecule has 0 aliphatic heterocycles. The zero-order valence-corrected chi connectivity index (χ0v) is 17.7. The third-order valence-electron chi connectivity index (χ3n) is 5.34. The molecule has 1 aromatic rings. The summed E-state index contributed by atoms with van der Waals surface area (Å²) < 4.78 is 1.81. The summed E-state index contributed by atoms with van der Waals surface area (Å²) in [5, 5.41) is 9.65. The Morgan fingerprint density at radius 1 is 0.852 bits per heavy atom. The Hall–Kier alpha value is -1.51. The van der Waals surface area contributed by atoms with E-state index in [4.69, 9.17) is 0 Å². The summed E-state index contributed by atoms with van der Waals surface area (Å²) in [6.07, 6.45) is 26.1. The first-order valence-electron chi connectivity index (χ1n) is 11.2. The average Bonchev–Trinajstić information content (AvgIpc) is 2.67. The largest absolute Gasteiger partial charge is 0.503 e. The van der Waals surface area contributed by atoms with Crippen molar-refractivity contribution in [2.45, 2.75) is 110 Å². The Labute approximate surface area is 166 Å². The van der Waals surface area contributed by atoms with E-state index in [9.17, 15) is 9.90 Å². The van der Waals surface area contributed by atoms with Gasteiger partial charge in [0.15, 0.2) is 5.75 Å². The zero-order valence-electron chi connectivity index (χ0n) is 17.7. The van der Waals surface area contributed by atoms with Crippen LogP contribution in [0, 0.1) is 6.92 Å². The molecule has 0 amide bonds. The van der Waals surface area contributed by atoms with Crippen LogP contribution in [-0.4, -0.2) is 9.67 Å². The molecule has 1 heterocycles. The molecule has 3 nitrogen and oxygen atoms in total. The highest BCUT2D eigenvalue weighted by molar-refractivity contribution is 5.34. The second-order valence-electron chi connectivity index (χ2n) is 7.79. The standard InChI is InChI=1S/C24H41NO2/c1-3-4-5-6-7-8-9-10-11-12-13-14-15-16-17-18-20-25-21-19-23(26)24(27)22(25)2/h18-21,27H,3-17H2,1-2H3. The van der Waals surface area contributed by atoms with Crippen LogP contribution >= 0.6 is 0 Å². The average molecular weight is 376 g/mol. The van der Waals surface area contributed by atoms with E-state index < -0.39 is 0 Å². The van der Waals surface area contributed by atoms with Crippen LogP contribution in [0.5, 0.6) is 5.75 Å². The normalized spacial score (nSPS) is 11.5. The second-order valence-corrected chi connectivity index (χ2v) is 7.79. The van der Waals surface area contributed by atoms with E-state index in [1.54, 1.807) is 17.7 Å². The van der Waals surface area contributed by atoms with Gasteiger partial charge >= 0.3 is 0 Å². The maximum absolute atomic E-state index is 11.3. The fraction of sp³-hybridized carbons (Fsp3) is 0.708. The van der Waals surface area contributed by atoms with Crippen LogP contribution in [0.1, 0.15) is 109 Å². The highest BCUT2D eigenvalue weighted by Crippen LogP contribution is 2.14. The lowest BCUT2D eigenvalue weighted by atomic mass is 10.0. The lowest BCUT2D eigenvalue weighted by molar-refractivity contribution is 0.460. The van der Waals surface area contributed by atoms with Crippen molar-refractivity contribution in [3.63, 3.8) is 0 Å². The van der Waals surface area contributed by atoms with Gasteiger partial charge in [0.1, 0.15) is 0 Å². The summed E-state index contributed by atoms with van der Waals surface area (Å²) in [4.78, 5) is 11.3. The molecule has 0 bridgehead atoms. The maximum Gasteiger partial charge on any atom is 0.223 e. The minimum Gasteiger partial charge on any atom is -0.503 e. The van der Waals surface area contributed by atoms with Crippen LogP contribution in [0.2, 0.25) is 0 Å². The molecule has 0 aromatic carbocycles. The molecule has 0 atom stereocenters. The minimum absolute atomic E-state index is 0.154. The Bertz CT molecular complexity index is 574. The zero-order chi connectivity index (χ0) is 19.7. The molecule has 1 rings (SSSR count). The monoisotopic (exact) mass is 375 g/mol. The smallest absolute Gasteiger partial charge is 0.223 e. The molecule has 0 fully saturated rings. The fourth-order valence-corrected chi connectivity index (χ4v) is 3.45. The van der Waals surface area contributed by atoms with Gasteiger partial charge in [-0.3, -0.25) is 4.79 Å². The Morgan fingerprint density at radius 3 is 1.85 bits per heavy atom. The molecule has 1 N–H and O–H groups in total. The Balaban J connectivity index is 1.92. The number of hydrogen-bond acceptors (Lipinski definition) is 2. The molecule has 0 saturated heterocycles. The SMILES string of the molecule is CCCCCCCCCCCCCCCCC=Cn1ccc(=O)c(O)c1C. The van der Waals surface area contributed by atoms with Crippen molar-refractivity contribution in [3.8, 4) is 5.75 Å². The molecular formula is C24H41NO2. The first-order valence-corrected chi connectivity index (χ1v) is 11.2. The molecule has 154 valence electrons. The van der Waals surface area contributed by atoms with Crippen LogP contribution in [-0.2, 0) is 0 Å². The van der Waals surface area contributed by atoms with Gasteiger partial charge in [-0.15, -0.1) is 0 Å². The lowest BCUT2D eigenvalue weighted by Crippen LogP contribution is -2.05. The number of unbranched alkanes of at least 4 members (excludes halogenated alkanes) is 14. The molecule has 27 heavy (non-hydrogen) atoms. The van der Waals surface area contributed by atoms with Gasteiger partial charge in [0, 0.05) is 18.5 Å². The van der Waals surface area contributed by atoms with Crippen molar-refractivity contribution < 1.29 is 5.11 Å². The van der Waals surface area contributed by atoms with Crippen molar-refractivity contribution in [2.24, 2.45) is 0 Å². The predicted octanol–water partition coefficient (Wildman–Crippen LogP) is 7.20. The number of pyridine rings is 1. The Morgan fingerprint density at radius 2 is 1.33 bits per heavy atom. The number of rotatable bonds is 16. The highest BCUT2D eigenvalue weighted by Gasteiger charge is 2.02. The molecule has 0 unspecified atom stereocenters. The lowest BCUT2D eigenvalue weighted by Gasteiger charge is -2.06. The molecular weight excluding hydrogens is 334 g/mol. The van der Waals surface area contributed by atoms with Crippen molar-refractivity contribution in [2.75, 3.05) is 0 Å². The number of nitrogens with zero attached hydrogens (tertiary/aromatic N) is 1. The summed E-state index contributed by atoms with van der Waals surface area (Å²) >= 11 is 0. The van der Waals surface area contributed by atoms with Crippen molar-refractivity contribution in [1.82, 2.24) is 4.57 Å². The van der Waals surface area contributed by atoms with E-state index in [2.05, 4.69) is 13.0 Å². The second kappa shape index (κ2) is 15.5. The molecule has 0 aliphatic carbocycles.